The average molecular weight is 481 g/mol. The molecule has 0 N–H and O–H groups in total. The lowest BCUT2D eigenvalue weighted by molar-refractivity contribution is 0.155. The summed E-state index contributed by atoms with van der Waals surface area (Å²) in [5.41, 5.74) is 2.32. The van der Waals surface area contributed by atoms with Crippen LogP contribution in [0.3, 0.4) is 0 Å². The molecule has 3 atom stereocenters. The Morgan fingerprint density at radius 2 is 1.59 bits per heavy atom. The van der Waals surface area contributed by atoms with Crippen molar-refractivity contribution in [2.75, 3.05) is 20.2 Å². The number of halogens is 1. The number of ether oxygens (including phenoxy) is 1. The van der Waals surface area contributed by atoms with Crippen LogP contribution in [0.2, 0.25) is 0 Å². The number of hydrogen-bond donors (Lipinski definition) is 0. The lowest BCUT2D eigenvalue weighted by atomic mass is 9.95. The molecule has 2 fully saturated rings. The topological polar surface area (TPSA) is 49.9 Å². The van der Waals surface area contributed by atoms with Gasteiger partial charge < -0.3 is 4.74 Å². The second-order valence-corrected chi connectivity index (χ2v) is 11.0. The van der Waals surface area contributed by atoms with Crippen molar-refractivity contribution in [2.24, 2.45) is 0 Å². The zero-order chi connectivity index (χ0) is 23.7. The summed E-state index contributed by atoms with van der Waals surface area (Å²) in [6.45, 7) is 0.876. The molecule has 5 nitrogen and oxygen atoms in total. The van der Waals surface area contributed by atoms with Crippen LogP contribution < -0.4 is 4.74 Å². The summed E-state index contributed by atoms with van der Waals surface area (Å²) in [6, 6.07) is 24.0. The lowest BCUT2D eigenvalue weighted by Crippen LogP contribution is -2.43. The van der Waals surface area contributed by atoms with Gasteiger partial charge >= 0.3 is 0 Å². The molecule has 3 aromatic carbocycles. The molecule has 0 radical (unpaired) electrons. The Kier molecular flexibility index (Phi) is 6.42. The monoisotopic (exact) mass is 480 g/mol. The molecular formula is C27H29FN2O3S. The third-order valence-electron chi connectivity index (χ3n) is 7.08. The highest BCUT2D eigenvalue weighted by Crippen LogP contribution is 2.42. The van der Waals surface area contributed by atoms with Gasteiger partial charge in [-0.1, -0.05) is 42.5 Å². The summed E-state index contributed by atoms with van der Waals surface area (Å²) < 4.78 is 47.3. The van der Waals surface area contributed by atoms with Crippen LogP contribution >= 0.6 is 0 Å². The van der Waals surface area contributed by atoms with Crippen molar-refractivity contribution in [3.8, 4) is 5.75 Å². The van der Waals surface area contributed by atoms with E-state index in [1.54, 1.807) is 11.4 Å². The van der Waals surface area contributed by atoms with Gasteiger partial charge in [-0.2, -0.15) is 4.31 Å². The van der Waals surface area contributed by atoms with E-state index in [0.717, 1.165) is 30.6 Å². The number of methoxy groups -OCH3 is 1. The van der Waals surface area contributed by atoms with E-state index in [0.29, 0.717) is 13.1 Å². The quantitative estimate of drug-likeness (QED) is 0.506. The van der Waals surface area contributed by atoms with Gasteiger partial charge in [-0.3, -0.25) is 4.90 Å². The van der Waals surface area contributed by atoms with Crippen LogP contribution in [0.1, 0.15) is 36.4 Å². The van der Waals surface area contributed by atoms with Crippen LogP contribution in [0.25, 0.3) is 0 Å². The fourth-order valence-corrected chi connectivity index (χ4v) is 6.95. The van der Waals surface area contributed by atoms with E-state index in [9.17, 15) is 12.8 Å². The minimum atomic E-state index is -3.69. The first-order valence-corrected chi connectivity index (χ1v) is 13.1. The van der Waals surface area contributed by atoms with Crippen molar-refractivity contribution < 1.29 is 17.5 Å². The number of sulfonamides is 1. The molecular weight excluding hydrogens is 451 g/mol. The normalized spacial score (nSPS) is 22.3. The highest BCUT2D eigenvalue weighted by molar-refractivity contribution is 7.89. The number of nitrogens with zero attached hydrogens (tertiary/aromatic N) is 2. The largest absolute Gasteiger partial charge is 0.497 e. The fourth-order valence-electron chi connectivity index (χ4n) is 5.46. The van der Waals surface area contributed by atoms with Crippen molar-refractivity contribution in [1.82, 2.24) is 9.21 Å². The molecule has 2 saturated heterocycles. The maximum atomic E-state index is 13.4. The highest BCUT2D eigenvalue weighted by atomic mass is 32.2. The lowest BCUT2D eigenvalue weighted by Gasteiger charge is -2.37. The molecule has 34 heavy (non-hydrogen) atoms. The van der Waals surface area contributed by atoms with Gasteiger partial charge in [-0.15, -0.1) is 0 Å². The van der Waals surface area contributed by atoms with E-state index in [4.69, 9.17) is 4.74 Å². The molecule has 0 amide bonds. The van der Waals surface area contributed by atoms with Crippen LogP contribution in [0.5, 0.6) is 5.75 Å². The number of rotatable bonds is 6. The van der Waals surface area contributed by atoms with Gasteiger partial charge in [0.1, 0.15) is 11.6 Å². The zero-order valence-corrected chi connectivity index (χ0v) is 20.0. The predicted octanol–water partition coefficient (Wildman–Crippen LogP) is 4.85. The molecule has 3 aromatic rings. The summed E-state index contributed by atoms with van der Waals surface area (Å²) in [5, 5.41) is 0. The Morgan fingerprint density at radius 1 is 0.882 bits per heavy atom. The molecule has 0 saturated carbocycles. The predicted molar refractivity (Wildman–Crippen MR) is 130 cm³/mol. The maximum Gasteiger partial charge on any atom is 0.243 e. The molecule has 0 unspecified atom stereocenters. The summed E-state index contributed by atoms with van der Waals surface area (Å²) in [5.74, 6) is 0.366. The summed E-state index contributed by atoms with van der Waals surface area (Å²) >= 11 is 0. The Hall–Kier alpha value is -2.74. The molecule has 2 aliphatic heterocycles. The third-order valence-corrected chi connectivity index (χ3v) is 8.96. The first-order chi connectivity index (χ1) is 16.5. The van der Waals surface area contributed by atoms with E-state index >= 15 is 0 Å². The summed E-state index contributed by atoms with van der Waals surface area (Å²) in [4.78, 5) is 2.66. The van der Waals surface area contributed by atoms with Crippen LogP contribution in [0.4, 0.5) is 4.39 Å². The van der Waals surface area contributed by atoms with Gasteiger partial charge in [0.05, 0.1) is 18.0 Å². The smallest absolute Gasteiger partial charge is 0.243 e. The molecule has 0 aliphatic carbocycles. The molecule has 7 heteroatoms. The van der Waals surface area contributed by atoms with Crippen LogP contribution in [-0.2, 0) is 10.0 Å². The van der Waals surface area contributed by atoms with Gasteiger partial charge in [0.25, 0.3) is 0 Å². The third kappa shape index (κ3) is 4.35. The van der Waals surface area contributed by atoms with Gasteiger partial charge in [-0.25, -0.2) is 12.8 Å². The van der Waals surface area contributed by atoms with Gasteiger partial charge in [0, 0.05) is 25.2 Å². The van der Waals surface area contributed by atoms with E-state index in [1.807, 2.05) is 30.3 Å². The second-order valence-electron chi connectivity index (χ2n) is 9.03. The Balaban J connectivity index is 1.51. The molecule has 5 rings (SSSR count). The van der Waals surface area contributed by atoms with Gasteiger partial charge in [-0.05, 0) is 66.8 Å². The van der Waals surface area contributed by atoms with Gasteiger partial charge in [0.15, 0.2) is 0 Å². The first kappa shape index (κ1) is 23.0. The first-order valence-electron chi connectivity index (χ1n) is 11.7. The van der Waals surface area contributed by atoms with Crippen LogP contribution in [0, 0.1) is 5.82 Å². The molecule has 2 bridgehead atoms. The summed E-state index contributed by atoms with van der Waals surface area (Å²) in [7, 11) is -2.02. The van der Waals surface area contributed by atoms with E-state index in [-0.39, 0.29) is 23.0 Å². The minimum Gasteiger partial charge on any atom is -0.497 e. The Morgan fingerprint density at radius 3 is 2.32 bits per heavy atom. The number of fused-ring (bicyclic) bond motifs is 2. The SMILES string of the molecule is COc1cccc([C@@H](c2ccccc2)N2[C@H]3CC[C@H]2CN(S(=O)(=O)c2ccc(F)cc2)CC3)c1. The van der Waals surface area contributed by atoms with E-state index in [2.05, 4.69) is 29.2 Å². The molecule has 2 heterocycles. The molecule has 178 valence electrons. The average Bonchev–Trinajstić information content (AvgIpc) is 3.13. The van der Waals surface area contributed by atoms with Crippen LogP contribution in [-0.4, -0.2) is 49.9 Å². The Labute approximate surface area is 200 Å². The number of hydrogen-bond acceptors (Lipinski definition) is 4. The van der Waals surface area contributed by atoms with E-state index in [1.165, 1.54) is 29.8 Å². The molecule has 0 spiro atoms. The van der Waals surface area contributed by atoms with E-state index < -0.39 is 15.8 Å². The summed E-state index contributed by atoms with van der Waals surface area (Å²) in [6.07, 6.45) is 2.74. The van der Waals surface area contributed by atoms with Crippen molar-refractivity contribution in [3.05, 3.63) is 95.8 Å². The van der Waals surface area contributed by atoms with Crippen molar-refractivity contribution >= 4 is 10.0 Å². The fraction of sp³-hybridized carbons (Fsp3) is 0.333. The van der Waals surface area contributed by atoms with Crippen LogP contribution in [0.15, 0.2) is 83.8 Å². The second kappa shape index (κ2) is 9.49. The maximum absolute atomic E-state index is 13.4. The molecule has 0 aromatic heterocycles. The highest BCUT2D eigenvalue weighted by Gasteiger charge is 2.44. The zero-order valence-electron chi connectivity index (χ0n) is 19.2. The van der Waals surface area contributed by atoms with Crippen molar-refractivity contribution in [1.29, 1.82) is 0 Å². The minimum absolute atomic E-state index is 0.00211. The van der Waals surface area contributed by atoms with Gasteiger partial charge in [0.2, 0.25) is 10.0 Å². The standard InChI is InChI=1S/C27H29FN2O3S/c1-33-25-9-5-8-21(18-25)27(20-6-3-2-4-7-20)30-23-12-13-24(30)19-29(17-16-23)34(31,32)26-14-10-22(28)11-15-26/h2-11,14-15,18,23-24,27H,12-13,16-17,19H2,1H3/t23-,24-,27+/m0/s1. The van der Waals surface area contributed by atoms with Crippen molar-refractivity contribution in [3.63, 3.8) is 0 Å². The Bertz CT molecular complexity index is 1230. The van der Waals surface area contributed by atoms with Crippen molar-refractivity contribution in [2.45, 2.75) is 42.3 Å². The molecule has 2 aliphatic rings. The number of benzene rings is 3.